The molecule has 0 spiro atoms. The number of benzene rings is 1. The van der Waals surface area contributed by atoms with Crippen molar-refractivity contribution < 1.29 is 13.2 Å². The number of nitrogens with one attached hydrogen (secondary N) is 2. The molecule has 100 valence electrons. The molecule has 0 saturated carbocycles. The first-order valence-corrected chi connectivity index (χ1v) is 7.30. The Balaban J connectivity index is 1.94. The van der Waals surface area contributed by atoms with E-state index in [9.17, 15) is 8.42 Å². The fraction of sp³-hybridized carbons (Fsp3) is 0.455. The molecule has 6 nitrogen and oxygen atoms in total. The van der Waals surface area contributed by atoms with Gasteiger partial charge in [0.15, 0.2) is 0 Å². The van der Waals surface area contributed by atoms with Gasteiger partial charge in [-0.15, -0.1) is 0 Å². The molecule has 0 bridgehead atoms. The highest BCUT2D eigenvalue weighted by Gasteiger charge is 2.14. The molecular weight excluding hydrogens is 254 g/mol. The van der Waals surface area contributed by atoms with Crippen LogP contribution in [0, 0.1) is 5.92 Å². The molecule has 1 heterocycles. The Hall–Kier alpha value is -1.31. The molecule has 18 heavy (non-hydrogen) atoms. The lowest BCUT2D eigenvalue weighted by atomic mass is 10.1. The molecule has 1 saturated heterocycles. The van der Waals surface area contributed by atoms with Crippen LogP contribution >= 0.6 is 0 Å². The predicted molar refractivity (Wildman–Crippen MR) is 70.6 cm³/mol. The predicted octanol–water partition coefficient (Wildman–Crippen LogP) is 0.750. The van der Waals surface area contributed by atoms with E-state index in [0.717, 1.165) is 31.9 Å². The lowest BCUT2D eigenvalue weighted by Crippen LogP contribution is -2.21. The Morgan fingerprint density at radius 1 is 1.39 bits per heavy atom. The number of anilines is 2. The number of rotatable bonds is 5. The number of hydrogen-bond donors (Lipinski definition) is 3. The normalized spacial score (nSPS) is 19.7. The summed E-state index contributed by atoms with van der Waals surface area (Å²) in [5, 5.41) is 8.17. The van der Waals surface area contributed by atoms with E-state index in [0.29, 0.717) is 11.6 Å². The molecule has 0 aliphatic carbocycles. The summed E-state index contributed by atoms with van der Waals surface area (Å²) in [6.45, 7) is 2.42. The van der Waals surface area contributed by atoms with Gasteiger partial charge < -0.3 is 10.1 Å². The second kappa shape index (κ2) is 5.55. The van der Waals surface area contributed by atoms with Gasteiger partial charge >= 0.3 is 0 Å². The largest absolute Gasteiger partial charge is 0.385 e. The Labute approximate surface area is 107 Å². The van der Waals surface area contributed by atoms with Gasteiger partial charge in [-0.3, -0.25) is 4.72 Å². The third kappa shape index (κ3) is 4.17. The molecule has 0 aromatic heterocycles. The molecule has 0 radical (unpaired) electrons. The van der Waals surface area contributed by atoms with Crippen molar-refractivity contribution in [2.45, 2.75) is 6.42 Å². The maximum absolute atomic E-state index is 10.9. The summed E-state index contributed by atoms with van der Waals surface area (Å²) < 4.78 is 29.3. The van der Waals surface area contributed by atoms with Crippen molar-refractivity contribution in [3.8, 4) is 0 Å². The van der Waals surface area contributed by atoms with Crippen molar-refractivity contribution in [2.75, 3.05) is 29.8 Å². The monoisotopic (exact) mass is 271 g/mol. The zero-order valence-electron chi connectivity index (χ0n) is 9.93. The van der Waals surface area contributed by atoms with Crippen LogP contribution in [0.5, 0.6) is 0 Å². The van der Waals surface area contributed by atoms with Gasteiger partial charge in [0.25, 0.3) is 10.2 Å². The molecule has 1 fully saturated rings. The van der Waals surface area contributed by atoms with Crippen LogP contribution < -0.4 is 15.2 Å². The molecular formula is C11H17N3O3S. The Morgan fingerprint density at radius 2 is 2.17 bits per heavy atom. The van der Waals surface area contributed by atoms with Crippen molar-refractivity contribution in [3.63, 3.8) is 0 Å². The lowest BCUT2D eigenvalue weighted by Gasteiger charge is -2.12. The highest BCUT2D eigenvalue weighted by atomic mass is 32.2. The van der Waals surface area contributed by atoms with Crippen molar-refractivity contribution >= 4 is 21.6 Å². The average molecular weight is 271 g/mol. The SMILES string of the molecule is NS(=O)(=O)Nc1cccc(NCC2CCOC2)c1. The summed E-state index contributed by atoms with van der Waals surface area (Å²) >= 11 is 0. The molecule has 1 aromatic carbocycles. The van der Waals surface area contributed by atoms with Crippen molar-refractivity contribution in [1.82, 2.24) is 0 Å². The fourth-order valence-corrected chi connectivity index (χ4v) is 2.32. The van der Waals surface area contributed by atoms with Gasteiger partial charge in [0.1, 0.15) is 0 Å². The molecule has 1 atom stereocenters. The van der Waals surface area contributed by atoms with Gasteiger partial charge in [-0.25, -0.2) is 5.14 Å². The summed E-state index contributed by atoms with van der Waals surface area (Å²) in [4.78, 5) is 0. The molecule has 1 unspecified atom stereocenters. The van der Waals surface area contributed by atoms with Crippen molar-refractivity contribution in [1.29, 1.82) is 0 Å². The van der Waals surface area contributed by atoms with Crippen molar-refractivity contribution in [3.05, 3.63) is 24.3 Å². The first-order valence-electron chi connectivity index (χ1n) is 5.75. The summed E-state index contributed by atoms with van der Waals surface area (Å²) in [5.41, 5.74) is 1.31. The average Bonchev–Trinajstić information content (AvgIpc) is 2.77. The van der Waals surface area contributed by atoms with Crippen LogP contribution in [0.3, 0.4) is 0 Å². The third-order valence-electron chi connectivity index (χ3n) is 2.74. The van der Waals surface area contributed by atoms with E-state index in [1.807, 2.05) is 6.07 Å². The van der Waals surface area contributed by atoms with Crippen LogP contribution in [0.4, 0.5) is 11.4 Å². The fourth-order valence-electron chi connectivity index (χ4n) is 1.86. The molecule has 7 heteroatoms. The zero-order valence-corrected chi connectivity index (χ0v) is 10.7. The first-order chi connectivity index (χ1) is 8.53. The van der Waals surface area contributed by atoms with E-state index in [1.165, 1.54) is 0 Å². The van der Waals surface area contributed by atoms with Gasteiger partial charge in [0, 0.05) is 24.8 Å². The van der Waals surface area contributed by atoms with E-state index in [2.05, 4.69) is 10.0 Å². The Morgan fingerprint density at radius 3 is 2.83 bits per heavy atom. The second-order valence-corrected chi connectivity index (χ2v) is 5.63. The lowest BCUT2D eigenvalue weighted by molar-refractivity contribution is 0.187. The Kier molecular flexibility index (Phi) is 4.05. The molecule has 1 aliphatic heterocycles. The molecule has 4 N–H and O–H groups in total. The highest BCUT2D eigenvalue weighted by Crippen LogP contribution is 2.18. The summed E-state index contributed by atoms with van der Waals surface area (Å²) in [7, 11) is -3.72. The zero-order chi connectivity index (χ0) is 13.0. The number of hydrogen-bond acceptors (Lipinski definition) is 4. The van der Waals surface area contributed by atoms with Crippen LogP contribution in [0.25, 0.3) is 0 Å². The van der Waals surface area contributed by atoms with E-state index >= 15 is 0 Å². The van der Waals surface area contributed by atoms with Crippen molar-refractivity contribution in [2.24, 2.45) is 11.1 Å². The van der Waals surface area contributed by atoms with Crippen LogP contribution in [0.15, 0.2) is 24.3 Å². The minimum Gasteiger partial charge on any atom is -0.385 e. The van der Waals surface area contributed by atoms with E-state index in [1.54, 1.807) is 18.2 Å². The third-order valence-corrected chi connectivity index (χ3v) is 3.26. The summed E-state index contributed by atoms with van der Waals surface area (Å²) in [6, 6.07) is 7.00. The molecule has 2 rings (SSSR count). The maximum Gasteiger partial charge on any atom is 0.296 e. The van der Waals surface area contributed by atoms with Crippen LogP contribution in [-0.2, 0) is 14.9 Å². The summed E-state index contributed by atoms with van der Waals surface area (Å²) in [5.74, 6) is 0.514. The molecule has 1 aromatic rings. The smallest absolute Gasteiger partial charge is 0.296 e. The molecule has 1 aliphatic rings. The highest BCUT2D eigenvalue weighted by molar-refractivity contribution is 7.90. The second-order valence-electron chi connectivity index (χ2n) is 4.34. The van der Waals surface area contributed by atoms with Crippen LogP contribution in [-0.4, -0.2) is 28.2 Å². The number of nitrogens with two attached hydrogens (primary N) is 1. The quantitative estimate of drug-likeness (QED) is 0.736. The van der Waals surface area contributed by atoms with Gasteiger partial charge in [0.05, 0.1) is 12.3 Å². The minimum absolute atomic E-state index is 0.449. The number of ether oxygens (including phenoxy) is 1. The maximum atomic E-state index is 10.9. The van der Waals surface area contributed by atoms with E-state index in [4.69, 9.17) is 9.88 Å². The minimum atomic E-state index is -3.72. The van der Waals surface area contributed by atoms with Gasteiger partial charge in [-0.05, 0) is 24.6 Å². The topological polar surface area (TPSA) is 93.5 Å². The van der Waals surface area contributed by atoms with Gasteiger partial charge in [-0.2, -0.15) is 8.42 Å². The van der Waals surface area contributed by atoms with Crippen LogP contribution in [0.2, 0.25) is 0 Å². The summed E-state index contributed by atoms with van der Waals surface area (Å²) in [6.07, 6.45) is 1.06. The standard InChI is InChI=1S/C11H17N3O3S/c12-18(15,16)14-11-3-1-2-10(6-11)13-7-9-4-5-17-8-9/h1-3,6,9,13-14H,4-5,7-8H2,(H2,12,15,16). The Bertz CT molecular complexity index is 498. The van der Waals surface area contributed by atoms with Crippen LogP contribution in [0.1, 0.15) is 6.42 Å². The van der Waals surface area contributed by atoms with E-state index in [-0.39, 0.29) is 0 Å². The van der Waals surface area contributed by atoms with E-state index < -0.39 is 10.2 Å². The molecule has 0 amide bonds. The van der Waals surface area contributed by atoms with Gasteiger partial charge in [0.2, 0.25) is 0 Å². The van der Waals surface area contributed by atoms with Gasteiger partial charge in [-0.1, -0.05) is 6.07 Å². The first kappa shape index (κ1) is 13.1.